The first-order valence-corrected chi connectivity index (χ1v) is 9.42. The van der Waals surface area contributed by atoms with Gasteiger partial charge in [0.25, 0.3) is 0 Å². The fraction of sp³-hybridized carbons (Fsp3) is 0.600. The van der Waals surface area contributed by atoms with E-state index in [4.69, 9.17) is 11.6 Å². The zero-order chi connectivity index (χ0) is 15.5. The first-order valence-electron chi connectivity index (χ1n) is 7.43. The molecule has 0 atom stereocenters. The Morgan fingerprint density at radius 1 is 1.19 bits per heavy atom. The third-order valence-electron chi connectivity index (χ3n) is 3.97. The Balaban J connectivity index is 2.02. The van der Waals surface area contributed by atoms with Crippen molar-refractivity contribution < 1.29 is 8.42 Å². The molecule has 1 aromatic carbocycles. The molecule has 1 aromatic rings. The van der Waals surface area contributed by atoms with E-state index in [0.29, 0.717) is 26.2 Å². The van der Waals surface area contributed by atoms with Crippen LogP contribution >= 0.6 is 11.6 Å². The summed E-state index contributed by atoms with van der Waals surface area (Å²) in [6.45, 7) is 6.55. The summed E-state index contributed by atoms with van der Waals surface area (Å²) in [5.74, 6) is 0.264. The molecule has 1 heterocycles. The zero-order valence-corrected chi connectivity index (χ0v) is 14.3. The van der Waals surface area contributed by atoms with Crippen LogP contribution in [0, 0.1) is 6.92 Å². The molecule has 0 amide bonds. The number of anilines is 1. The Morgan fingerprint density at radius 3 is 2.48 bits per heavy atom. The Morgan fingerprint density at radius 2 is 1.86 bits per heavy atom. The van der Waals surface area contributed by atoms with Gasteiger partial charge in [-0.2, -0.15) is 4.31 Å². The molecule has 4 nitrogen and oxygen atoms in total. The summed E-state index contributed by atoms with van der Waals surface area (Å²) in [5.41, 5.74) is 2.16. The van der Waals surface area contributed by atoms with Gasteiger partial charge in [-0.15, -0.1) is 0 Å². The molecule has 0 spiro atoms. The average Bonchev–Trinajstić information content (AvgIpc) is 2.48. The maximum absolute atomic E-state index is 12.2. The van der Waals surface area contributed by atoms with Crippen LogP contribution in [0.25, 0.3) is 0 Å². The van der Waals surface area contributed by atoms with Crippen molar-refractivity contribution in [2.45, 2.75) is 26.7 Å². The zero-order valence-electron chi connectivity index (χ0n) is 12.7. The Kier molecular flexibility index (Phi) is 5.52. The van der Waals surface area contributed by atoms with E-state index in [0.717, 1.165) is 29.1 Å². The van der Waals surface area contributed by atoms with Gasteiger partial charge in [0.1, 0.15) is 0 Å². The number of rotatable bonds is 5. The lowest BCUT2D eigenvalue weighted by Crippen LogP contribution is -2.49. The van der Waals surface area contributed by atoms with Gasteiger partial charge < -0.3 is 4.90 Å². The normalized spacial score (nSPS) is 17.2. The largest absolute Gasteiger partial charge is 0.369 e. The Hall–Kier alpha value is -0.780. The van der Waals surface area contributed by atoms with Crippen molar-refractivity contribution in [1.29, 1.82) is 0 Å². The van der Waals surface area contributed by atoms with E-state index in [1.807, 2.05) is 32.0 Å². The molecule has 1 aliphatic rings. The molecule has 2 rings (SSSR count). The van der Waals surface area contributed by atoms with Crippen LogP contribution in [0.3, 0.4) is 0 Å². The molecule has 21 heavy (non-hydrogen) atoms. The summed E-state index contributed by atoms with van der Waals surface area (Å²) in [7, 11) is -3.09. The fourth-order valence-electron chi connectivity index (χ4n) is 2.60. The molecule has 0 bridgehead atoms. The minimum absolute atomic E-state index is 0.264. The molecule has 0 saturated carbocycles. The van der Waals surface area contributed by atoms with E-state index in [1.54, 1.807) is 4.31 Å². The average molecular weight is 331 g/mol. The lowest BCUT2D eigenvalue weighted by molar-refractivity contribution is 0.384. The van der Waals surface area contributed by atoms with Gasteiger partial charge in [-0.3, -0.25) is 0 Å². The second kappa shape index (κ2) is 6.99. The first kappa shape index (κ1) is 16.6. The van der Waals surface area contributed by atoms with Crippen molar-refractivity contribution in [3.63, 3.8) is 0 Å². The fourth-order valence-corrected chi connectivity index (χ4v) is 4.40. The van der Waals surface area contributed by atoms with Gasteiger partial charge in [0.2, 0.25) is 10.0 Å². The third-order valence-corrected chi connectivity index (χ3v) is 6.33. The van der Waals surface area contributed by atoms with E-state index >= 15 is 0 Å². The van der Waals surface area contributed by atoms with Crippen molar-refractivity contribution in [1.82, 2.24) is 4.31 Å². The standard InChI is InChI=1S/C15H23ClN2O2S/c1-3-4-12-21(19,20)18-10-8-17(9-11-18)15-7-5-6-14(16)13(15)2/h5-7H,3-4,8-12H2,1-2H3. The molecule has 1 saturated heterocycles. The number of sulfonamides is 1. The summed E-state index contributed by atoms with van der Waals surface area (Å²) in [4.78, 5) is 2.22. The maximum atomic E-state index is 12.2. The number of halogens is 1. The Labute approximate surface area is 132 Å². The number of unbranched alkanes of at least 4 members (excludes halogenated alkanes) is 1. The molecule has 0 aliphatic carbocycles. The molecule has 0 unspecified atom stereocenters. The smallest absolute Gasteiger partial charge is 0.214 e. The van der Waals surface area contributed by atoms with E-state index in [9.17, 15) is 8.42 Å². The summed E-state index contributed by atoms with van der Waals surface area (Å²) >= 11 is 6.16. The van der Waals surface area contributed by atoms with Crippen molar-refractivity contribution in [2.75, 3.05) is 36.8 Å². The number of benzene rings is 1. The highest BCUT2D eigenvalue weighted by molar-refractivity contribution is 7.89. The Bertz CT molecular complexity index is 581. The van der Waals surface area contributed by atoms with Crippen LogP contribution in [-0.4, -0.2) is 44.7 Å². The quantitative estimate of drug-likeness (QED) is 0.833. The van der Waals surface area contributed by atoms with Gasteiger partial charge in [0.05, 0.1) is 5.75 Å². The van der Waals surface area contributed by atoms with Gasteiger partial charge in [-0.1, -0.05) is 31.0 Å². The topological polar surface area (TPSA) is 40.6 Å². The van der Waals surface area contributed by atoms with Crippen molar-refractivity contribution in [2.24, 2.45) is 0 Å². The lowest BCUT2D eigenvalue weighted by atomic mass is 10.1. The summed E-state index contributed by atoms with van der Waals surface area (Å²) in [6, 6.07) is 5.86. The maximum Gasteiger partial charge on any atom is 0.214 e. The van der Waals surface area contributed by atoms with Gasteiger partial charge in [-0.05, 0) is 31.0 Å². The minimum atomic E-state index is -3.09. The van der Waals surface area contributed by atoms with E-state index in [2.05, 4.69) is 4.90 Å². The van der Waals surface area contributed by atoms with Crippen LogP contribution in [0.2, 0.25) is 5.02 Å². The molecular formula is C15H23ClN2O2S. The highest BCUT2D eigenvalue weighted by Gasteiger charge is 2.27. The van der Waals surface area contributed by atoms with Crippen molar-refractivity contribution >= 4 is 27.3 Å². The van der Waals surface area contributed by atoms with Crippen LogP contribution in [0.15, 0.2) is 18.2 Å². The highest BCUT2D eigenvalue weighted by atomic mass is 35.5. The van der Waals surface area contributed by atoms with Gasteiger partial charge >= 0.3 is 0 Å². The first-order chi connectivity index (χ1) is 9.95. The molecule has 6 heteroatoms. The molecule has 0 radical (unpaired) electrons. The SMILES string of the molecule is CCCCS(=O)(=O)N1CCN(c2cccc(Cl)c2C)CC1. The molecular weight excluding hydrogens is 308 g/mol. The summed E-state index contributed by atoms with van der Waals surface area (Å²) in [6.07, 6.45) is 1.64. The van der Waals surface area contributed by atoms with E-state index in [-0.39, 0.29) is 5.75 Å². The lowest BCUT2D eigenvalue weighted by Gasteiger charge is -2.36. The van der Waals surface area contributed by atoms with Gasteiger partial charge in [-0.25, -0.2) is 8.42 Å². The number of hydrogen-bond donors (Lipinski definition) is 0. The second-order valence-electron chi connectivity index (χ2n) is 5.44. The number of nitrogens with zero attached hydrogens (tertiary/aromatic N) is 2. The van der Waals surface area contributed by atoms with Crippen LogP contribution in [-0.2, 0) is 10.0 Å². The summed E-state index contributed by atoms with van der Waals surface area (Å²) < 4.78 is 26.0. The molecule has 0 N–H and O–H groups in total. The molecule has 1 aliphatic heterocycles. The highest BCUT2D eigenvalue weighted by Crippen LogP contribution is 2.27. The van der Waals surface area contributed by atoms with Crippen molar-refractivity contribution in [3.05, 3.63) is 28.8 Å². The van der Waals surface area contributed by atoms with Crippen LogP contribution in [0.5, 0.6) is 0 Å². The molecule has 118 valence electrons. The monoisotopic (exact) mass is 330 g/mol. The van der Waals surface area contributed by atoms with Gasteiger partial charge in [0.15, 0.2) is 0 Å². The molecule has 0 aromatic heterocycles. The predicted molar refractivity (Wildman–Crippen MR) is 88.7 cm³/mol. The second-order valence-corrected chi connectivity index (χ2v) is 7.94. The minimum Gasteiger partial charge on any atom is -0.369 e. The third kappa shape index (κ3) is 3.90. The van der Waals surface area contributed by atoms with Gasteiger partial charge in [0, 0.05) is 36.9 Å². The van der Waals surface area contributed by atoms with E-state index < -0.39 is 10.0 Å². The summed E-state index contributed by atoms with van der Waals surface area (Å²) in [5, 5.41) is 0.755. The van der Waals surface area contributed by atoms with Crippen LogP contribution < -0.4 is 4.90 Å². The van der Waals surface area contributed by atoms with E-state index in [1.165, 1.54) is 0 Å². The number of hydrogen-bond acceptors (Lipinski definition) is 3. The molecule has 1 fully saturated rings. The predicted octanol–water partition coefficient (Wildman–Crippen LogP) is 2.90. The van der Waals surface area contributed by atoms with Crippen LogP contribution in [0.1, 0.15) is 25.3 Å². The van der Waals surface area contributed by atoms with Crippen molar-refractivity contribution in [3.8, 4) is 0 Å². The number of piperazine rings is 1. The van der Waals surface area contributed by atoms with Crippen LogP contribution in [0.4, 0.5) is 5.69 Å².